The molecule has 0 saturated carbocycles. The molecular formula is C13H28N2O. The zero-order valence-corrected chi connectivity index (χ0v) is 11.5. The van der Waals surface area contributed by atoms with E-state index in [0.29, 0.717) is 5.92 Å². The van der Waals surface area contributed by atoms with E-state index in [1.54, 1.807) is 7.05 Å². The minimum absolute atomic E-state index is 0.0846. The van der Waals surface area contributed by atoms with Crippen molar-refractivity contribution < 1.29 is 4.79 Å². The Kier molecular flexibility index (Phi) is 7.39. The van der Waals surface area contributed by atoms with E-state index in [1.807, 2.05) is 13.8 Å². The molecule has 0 fully saturated rings. The first-order valence-corrected chi connectivity index (χ1v) is 6.51. The summed E-state index contributed by atoms with van der Waals surface area (Å²) in [5.74, 6) is 0.766. The van der Waals surface area contributed by atoms with Crippen molar-refractivity contribution in [1.29, 1.82) is 0 Å². The Morgan fingerprint density at radius 1 is 1.31 bits per heavy atom. The van der Waals surface area contributed by atoms with Gasteiger partial charge in [-0.25, -0.2) is 0 Å². The molecule has 0 aromatic rings. The van der Waals surface area contributed by atoms with E-state index in [9.17, 15) is 4.79 Å². The summed E-state index contributed by atoms with van der Waals surface area (Å²) in [4.78, 5) is 11.7. The smallest absolute Gasteiger partial charge is 0.239 e. The van der Waals surface area contributed by atoms with Gasteiger partial charge in [-0.2, -0.15) is 0 Å². The summed E-state index contributed by atoms with van der Waals surface area (Å²) in [6.45, 7) is 9.38. The summed E-state index contributed by atoms with van der Waals surface area (Å²) < 4.78 is 0. The van der Waals surface area contributed by atoms with Gasteiger partial charge in [0.1, 0.15) is 0 Å². The van der Waals surface area contributed by atoms with Gasteiger partial charge >= 0.3 is 0 Å². The first-order valence-electron chi connectivity index (χ1n) is 6.51. The molecule has 2 atom stereocenters. The lowest BCUT2D eigenvalue weighted by molar-refractivity contribution is -0.126. The predicted octanol–water partition coefficient (Wildman–Crippen LogP) is 2.32. The van der Waals surface area contributed by atoms with Gasteiger partial charge in [0.15, 0.2) is 0 Å². The molecule has 16 heavy (non-hydrogen) atoms. The van der Waals surface area contributed by atoms with E-state index in [4.69, 9.17) is 0 Å². The average molecular weight is 228 g/mol. The van der Waals surface area contributed by atoms with E-state index in [1.165, 1.54) is 19.3 Å². The fourth-order valence-corrected chi connectivity index (χ4v) is 1.87. The Balaban J connectivity index is 4.26. The van der Waals surface area contributed by atoms with Crippen LogP contribution in [-0.4, -0.2) is 25.0 Å². The number of carbonyl (C=O) groups is 1. The van der Waals surface area contributed by atoms with Gasteiger partial charge in [-0.3, -0.25) is 4.79 Å². The van der Waals surface area contributed by atoms with Gasteiger partial charge in [-0.1, -0.05) is 33.6 Å². The Morgan fingerprint density at radius 2 is 1.94 bits per heavy atom. The molecule has 0 bridgehead atoms. The van der Waals surface area contributed by atoms with Crippen molar-refractivity contribution in [2.75, 3.05) is 13.6 Å². The molecule has 0 radical (unpaired) electrons. The zero-order valence-electron chi connectivity index (χ0n) is 11.5. The van der Waals surface area contributed by atoms with Crippen LogP contribution in [0.1, 0.15) is 53.4 Å². The SMILES string of the molecule is CCCC(CC)CNC(C)(CC)C(=O)NC. The maximum Gasteiger partial charge on any atom is 0.239 e. The molecule has 0 saturated heterocycles. The highest BCUT2D eigenvalue weighted by Crippen LogP contribution is 2.14. The molecule has 0 rings (SSSR count). The quantitative estimate of drug-likeness (QED) is 0.669. The normalized spacial score (nSPS) is 16.6. The van der Waals surface area contributed by atoms with Crippen LogP contribution < -0.4 is 10.6 Å². The third-order valence-corrected chi connectivity index (χ3v) is 3.49. The standard InChI is InChI=1S/C13H28N2O/c1-6-9-11(7-2)10-15-13(4,8-3)12(16)14-5/h11,15H,6-10H2,1-5H3,(H,14,16). The lowest BCUT2D eigenvalue weighted by atomic mass is 9.94. The van der Waals surface area contributed by atoms with Gasteiger partial charge < -0.3 is 10.6 Å². The van der Waals surface area contributed by atoms with Crippen LogP contribution in [0.2, 0.25) is 0 Å². The molecule has 0 aliphatic carbocycles. The van der Waals surface area contributed by atoms with Gasteiger partial charge in [-0.15, -0.1) is 0 Å². The van der Waals surface area contributed by atoms with E-state index < -0.39 is 5.54 Å². The lowest BCUT2D eigenvalue weighted by Gasteiger charge is -2.29. The van der Waals surface area contributed by atoms with Gasteiger partial charge in [-0.05, 0) is 32.2 Å². The average Bonchev–Trinajstić information content (AvgIpc) is 2.32. The monoisotopic (exact) mass is 228 g/mol. The van der Waals surface area contributed by atoms with Gasteiger partial charge in [0.2, 0.25) is 5.91 Å². The van der Waals surface area contributed by atoms with Gasteiger partial charge in [0.25, 0.3) is 0 Å². The number of amides is 1. The Hall–Kier alpha value is -0.570. The number of hydrogen-bond donors (Lipinski definition) is 2. The molecule has 0 aromatic heterocycles. The van der Waals surface area contributed by atoms with Crippen molar-refractivity contribution in [3.8, 4) is 0 Å². The molecule has 0 aliphatic heterocycles. The Labute approximate surface area is 100 Å². The van der Waals surface area contributed by atoms with E-state index in [2.05, 4.69) is 24.5 Å². The Bertz CT molecular complexity index is 206. The van der Waals surface area contributed by atoms with Gasteiger partial charge in [0.05, 0.1) is 5.54 Å². The van der Waals surface area contributed by atoms with Crippen molar-refractivity contribution in [3.63, 3.8) is 0 Å². The summed E-state index contributed by atoms with van der Waals surface area (Å²) in [5.41, 5.74) is -0.421. The molecule has 3 nitrogen and oxygen atoms in total. The van der Waals surface area contributed by atoms with Crippen molar-refractivity contribution in [2.45, 2.75) is 58.9 Å². The van der Waals surface area contributed by atoms with Crippen LogP contribution in [0.3, 0.4) is 0 Å². The van der Waals surface area contributed by atoms with Crippen LogP contribution in [0.4, 0.5) is 0 Å². The largest absolute Gasteiger partial charge is 0.358 e. The van der Waals surface area contributed by atoms with Crippen LogP contribution in [0, 0.1) is 5.92 Å². The van der Waals surface area contributed by atoms with Crippen LogP contribution in [0.25, 0.3) is 0 Å². The highest BCUT2D eigenvalue weighted by Gasteiger charge is 2.29. The molecule has 0 spiro atoms. The molecule has 96 valence electrons. The highest BCUT2D eigenvalue weighted by molar-refractivity contribution is 5.85. The highest BCUT2D eigenvalue weighted by atomic mass is 16.2. The van der Waals surface area contributed by atoms with Crippen LogP contribution in [-0.2, 0) is 4.79 Å². The van der Waals surface area contributed by atoms with Crippen molar-refractivity contribution in [2.24, 2.45) is 5.92 Å². The van der Waals surface area contributed by atoms with Crippen LogP contribution in [0.5, 0.6) is 0 Å². The Morgan fingerprint density at radius 3 is 2.31 bits per heavy atom. The number of rotatable bonds is 8. The summed E-state index contributed by atoms with van der Waals surface area (Å²) in [6, 6.07) is 0. The number of nitrogens with one attached hydrogen (secondary N) is 2. The predicted molar refractivity (Wildman–Crippen MR) is 69.5 cm³/mol. The van der Waals surface area contributed by atoms with Crippen LogP contribution >= 0.6 is 0 Å². The summed E-state index contributed by atoms with van der Waals surface area (Å²) in [6.07, 6.45) is 4.43. The number of likely N-dealkylation sites (N-methyl/N-ethyl adjacent to an activating group) is 1. The fourth-order valence-electron chi connectivity index (χ4n) is 1.87. The number of carbonyl (C=O) groups excluding carboxylic acids is 1. The molecule has 3 heteroatoms. The summed E-state index contributed by atoms with van der Waals surface area (Å²) in [5, 5.41) is 6.15. The maximum absolute atomic E-state index is 11.7. The summed E-state index contributed by atoms with van der Waals surface area (Å²) in [7, 11) is 1.70. The van der Waals surface area contributed by atoms with Crippen LogP contribution in [0.15, 0.2) is 0 Å². The molecule has 0 heterocycles. The van der Waals surface area contributed by atoms with Crippen molar-refractivity contribution in [1.82, 2.24) is 10.6 Å². The minimum atomic E-state index is -0.421. The van der Waals surface area contributed by atoms with E-state index in [0.717, 1.165) is 13.0 Å². The lowest BCUT2D eigenvalue weighted by Crippen LogP contribution is -2.54. The van der Waals surface area contributed by atoms with E-state index in [-0.39, 0.29) is 5.91 Å². The maximum atomic E-state index is 11.7. The van der Waals surface area contributed by atoms with Crippen molar-refractivity contribution in [3.05, 3.63) is 0 Å². The van der Waals surface area contributed by atoms with Gasteiger partial charge in [0, 0.05) is 7.05 Å². The fraction of sp³-hybridized carbons (Fsp3) is 0.923. The minimum Gasteiger partial charge on any atom is -0.358 e. The molecular weight excluding hydrogens is 200 g/mol. The first kappa shape index (κ1) is 15.4. The molecule has 2 N–H and O–H groups in total. The first-order chi connectivity index (χ1) is 7.53. The number of hydrogen-bond acceptors (Lipinski definition) is 2. The zero-order chi connectivity index (χ0) is 12.6. The molecule has 0 aromatic carbocycles. The second-order valence-corrected chi connectivity index (χ2v) is 4.71. The second-order valence-electron chi connectivity index (χ2n) is 4.71. The molecule has 1 amide bonds. The van der Waals surface area contributed by atoms with Crippen molar-refractivity contribution >= 4 is 5.91 Å². The second kappa shape index (κ2) is 7.66. The topological polar surface area (TPSA) is 41.1 Å². The molecule has 0 aliphatic rings. The third-order valence-electron chi connectivity index (χ3n) is 3.49. The molecule has 2 unspecified atom stereocenters. The summed E-state index contributed by atoms with van der Waals surface area (Å²) >= 11 is 0. The third kappa shape index (κ3) is 4.52. The van der Waals surface area contributed by atoms with E-state index >= 15 is 0 Å².